The number of ether oxygens (including phenoxy) is 1. The Morgan fingerprint density at radius 1 is 1.00 bits per heavy atom. The average Bonchev–Trinajstić information content (AvgIpc) is 2.82. The van der Waals surface area contributed by atoms with Crippen LogP contribution in [-0.2, 0) is 4.79 Å². The number of nitrogens with zero attached hydrogens (tertiary/aromatic N) is 1. The normalized spacial score (nSPS) is 13.2. The van der Waals surface area contributed by atoms with Crippen LogP contribution in [0.2, 0.25) is 0 Å². The number of nitrogens with one attached hydrogen (secondary N) is 1. The molecule has 0 aliphatic carbocycles. The predicted octanol–water partition coefficient (Wildman–Crippen LogP) is 2.71. The van der Waals surface area contributed by atoms with E-state index in [2.05, 4.69) is 5.32 Å². The first-order valence-corrected chi connectivity index (χ1v) is 7.98. The third-order valence-electron chi connectivity index (χ3n) is 3.70. The maximum Gasteiger partial charge on any atom is 0.262 e. The summed E-state index contributed by atoms with van der Waals surface area (Å²) in [5, 5.41) is 2.70. The molecule has 1 aliphatic heterocycles. The van der Waals surface area contributed by atoms with E-state index in [1.807, 2.05) is 13.8 Å². The molecule has 0 saturated heterocycles. The second kappa shape index (κ2) is 6.76. The van der Waals surface area contributed by atoms with E-state index in [0.717, 1.165) is 4.90 Å². The summed E-state index contributed by atoms with van der Waals surface area (Å²) in [6.07, 6.45) is -0.0470. The van der Waals surface area contributed by atoms with Gasteiger partial charge in [-0.25, -0.2) is 0 Å². The lowest BCUT2D eigenvalue weighted by Gasteiger charge is -2.17. The zero-order valence-corrected chi connectivity index (χ0v) is 14.0. The number of rotatable bonds is 5. The van der Waals surface area contributed by atoms with Gasteiger partial charge in [-0.3, -0.25) is 19.3 Å². The highest BCUT2D eigenvalue weighted by Gasteiger charge is 2.36. The van der Waals surface area contributed by atoms with Crippen molar-refractivity contribution in [1.82, 2.24) is 4.90 Å². The van der Waals surface area contributed by atoms with Crippen LogP contribution >= 0.6 is 0 Å². The second-order valence-corrected chi connectivity index (χ2v) is 5.95. The van der Waals surface area contributed by atoms with Crippen molar-refractivity contribution < 1.29 is 19.1 Å². The standard InChI is InChI=1S/C19H18N2O4/c1-12(2)25-16-10-6-5-9-15(16)20-17(22)11-21-18(23)13-7-3-4-8-14(13)19(21)24/h3-10,12H,11H2,1-2H3,(H,20,22). The fourth-order valence-corrected chi connectivity index (χ4v) is 2.64. The number of amides is 3. The monoisotopic (exact) mass is 338 g/mol. The molecule has 3 rings (SSSR count). The number of fused-ring (bicyclic) bond motifs is 1. The Morgan fingerprint density at radius 2 is 1.56 bits per heavy atom. The Kier molecular flexibility index (Phi) is 4.52. The van der Waals surface area contributed by atoms with E-state index in [-0.39, 0.29) is 12.6 Å². The van der Waals surface area contributed by atoms with Gasteiger partial charge in [0.25, 0.3) is 11.8 Å². The van der Waals surface area contributed by atoms with Gasteiger partial charge in [0.05, 0.1) is 22.9 Å². The number of para-hydroxylation sites is 2. The van der Waals surface area contributed by atoms with Gasteiger partial charge in [0.2, 0.25) is 5.91 Å². The van der Waals surface area contributed by atoms with Gasteiger partial charge >= 0.3 is 0 Å². The molecule has 0 bridgehead atoms. The molecule has 1 aliphatic rings. The maximum atomic E-state index is 12.3. The van der Waals surface area contributed by atoms with Crippen molar-refractivity contribution in [3.63, 3.8) is 0 Å². The number of carbonyl (C=O) groups is 3. The molecule has 0 fully saturated rings. The molecule has 0 spiro atoms. The zero-order chi connectivity index (χ0) is 18.0. The first-order valence-electron chi connectivity index (χ1n) is 7.98. The lowest BCUT2D eigenvalue weighted by molar-refractivity contribution is -0.116. The first-order chi connectivity index (χ1) is 12.0. The molecule has 2 aromatic carbocycles. The van der Waals surface area contributed by atoms with Crippen LogP contribution in [0.3, 0.4) is 0 Å². The van der Waals surface area contributed by atoms with Crippen LogP contribution < -0.4 is 10.1 Å². The predicted molar refractivity (Wildman–Crippen MR) is 92.6 cm³/mol. The molecule has 0 unspecified atom stereocenters. The van der Waals surface area contributed by atoms with Crippen molar-refractivity contribution in [3.05, 3.63) is 59.7 Å². The SMILES string of the molecule is CC(C)Oc1ccccc1NC(=O)CN1C(=O)c2ccccc2C1=O. The summed E-state index contributed by atoms with van der Waals surface area (Å²) < 4.78 is 5.65. The van der Waals surface area contributed by atoms with Gasteiger partial charge in [-0.1, -0.05) is 24.3 Å². The van der Waals surface area contributed by atoms with Gasteiger partial charge in [-0.2, -0.15) is 0 Å². The van der Waals surface area contributed by atoms with Crippen molar-refractivity contribution in [1.29, 1.82) is 0 Å². The average molecular weight is 338 g/mol. The van der Waals surface area contributed by atoms with Crippen LogP contribution in [0.5, 0.6) is 5.75 Å². The van der Waals surface area contributed by atoms with Crippen LogP contribution in [0.25, 0.3) is 0 Å². The largest absolute Gasteiger partial charge is 0.489 e. The Bertz CT molecular complexity index is 810. The summed E-state index contributed by atoms with van der Waals surface area (Å²) >= 11 is 0. The van der Waals surface area contributed by atoms with Gasteiger partial charge in [-0.15, -0.1) is 0 Å². The molecule has 0 aromatic heterocycles. The van der Waals surface area contributed by atoms with Gasteiger partial charge in [-0.05, 0) is 38.1 Å². The molecular formula is C19H18N2O4. The Morgan fingerprint density at radius 3 is 2.16 bits per heavy atom. The first kappa shape index (κ1) is 16.7. The minimum atomic E-state index is -0.464. The summed E-state index contributed by atoms with van der Waals surface area (Å²) in [5.74, 6) is -0.840. The smallest absolute Gasteiger partial charge is 0.262 e. The Hall–Kier alpha value is -3.15. The van der Waals surface area contributed by atoms with E-state index < -0.39 is 17.7 Å². The molecule has 3 amide bonds. The van der Waals surface area contributed by atoms with Crippen molar-refractivity contribution in [3.8, 4) is 5.75 Å². The van der Waals surface area contributed by atoms with Crippen LogP contribution in [0.1, 0.15) is 34.6 Å². The molecular weight excluding hydrogens is 320 g/mol. The van der Waals surface area contributed by atoms with Gasteiger partial charge in [0.15, 0.2) is 0 Å². The van der Waals surface area contributed by atoms with Crippen molar-refractivity contribution in [2.75, 3.05) is 11.9 Å². The summed E-state index contributed by atoms with van der Waals surface area (Å²) in [4.78, 5) is 37.9. The maximum absolute atomic E-state index is 12.3. The lowest BCUT2D eigenvalue weighted by atomic mass is 10.1. The number of anilines is 1. The molecule has 1 heterocycles. The summed E-state index contributed by atoms with van der Waals surface area (Å²) in [6, 6.07) is 13.6. The number of hydrogen-bond donors (Lipinski definition) is 1. The zero-order valence-electron chi connectivity index (χ0n) is 14.0. The molecule has 0 radical (unpaired) electrons. The fraction of sp³-hybridized carbons (Fsp3) is 0.211. The second-order valence-electron chi connectivity index (χ2n) is 5.95. The van der Waals surface area contributed by atoms with Crippen LogP contribution in [0, 0.1) is 0 Å². The van der Waals surface area contributed by atoms with Crippen molar-refractivity contribution in [2.24, 2.45) is 0 Å². The molecule has 0 saturated carbocycles. The summed E-state index contributed by atoms with van der Waals surface area (Å²) in [6.45, 7) is 3.43. The third-order valence-corrected chi connectivity index (χ3v) is 3.70. The Labute approximate surface area is 145 Å². The van der Waals surface area contributed by atoms with Crippen LogP contribution in [0.4, 0.5) is 5.69 Å². The number of hydrogen-bond acceptors (Lipinski definition) is 4. The van der Waals surface area contributed by atoms with E-state index in [1.54, 1.807) is 48.5 Å². The minimum absolute atomic E-state index is 0.0470. The molecule has 0 atom stereocenters. The van der Waals surface area contributed by atoms with Crippen LogP contribution in [0.15, 0.2) is 48.5 Å². The van der Waals surface area contributed by atoms with E-state index in [4.69, 9.17) is 4.74 Å². The fourth-order valence-electron chi connectivity index (χ4n) is 2.64. The molecule has 6 heteroatoms. The highest BCUT2D eigenvalue weighted by Crippen LogP contribution is 2.26. The van der Waals surface area contributed by atoms with Gasteiger partial charge in [0.1, 0.15) is 12.3 Å². The van der Waals surface area contributed by atoms with Gasteiger partial charge < -0.3 is 10.1 Å². The number of imide groups is 1. The minimum Gasteiger partial charge on any atom is -0.489 e. The van der Waals surface area contributed by atoms with Crippen LogP contribution in [-0.4, -0.2) is 35.3 Å². The number of benzene rings is 2. The van der Waals surface area contributed by atoms with E-state index in [9.17, 15) is 14.4 Å². The molecule has 25 heavy (non-hydrogen) atoms. The number of carbonyl (C=O) groups excluding carboxylic acids is 3. The lowest BCUT2D eigenvalue weighted by Crippen LogP contribution is -2.37. The summed E-state index contributed by atoms with van der Waals surface area (Å²) in [5.41, 5.74) is 1.14. The highest BCUT2D eigenvalue weighted by atomic mass is 16.5. The van der Waals surface area contributed by atoms with E-state index in [0.29, 0.717) is 22.6 Å². The summed E-state index contributed by atoms with van der Waals surface area (Å²) in [7, 11) is 0. The molecule has 6 nitrogen and oxygen atoms in total. The van der Waals surface area contributed by atoms with Crippen molar-refractivity contribution >= 4 is 23.4 Å². The quantitative estimate of drug-likeness (QED) is 0.851. The van der Waals surface area contributed by atoms with E-state index >= 15 is 0 Å². The Balaban J connectivity index is 1.73. The molecule has 128 valence electrons. The molecule has 1 N–H and O–H groups in total. The van der Waals surface area contributed by atoms with Gasteiger partial charge in [0, 0.05) is 0 Å². The van der Waals surface area contributed by atoms with E-state index in [1.165, 1.54) is 0 Å². The third kappa shape index (κ3) is 3.38. The molecule has 2 aromatic rings. The van der Waals surface area contributed by atoms with Crippen molar-refractivity contribution in [2.45, 2.75) is 20.0 Å². The highest BCUT2D eigenvalue weighted by molar-refractivity contribution is 6.22. The topological polar surface area (TPSA) is 75.7 Å².